The molecule has 1 nitrogen and oxygen atoms in total. The third-order valence-corrected chi connectivity index (χ3v) is 1.71. The van der Waals surface area contributed by atoms with Crippen molar-refractivity contribution in [3.8, 4) is 5.75 Å². The number of hydrogen-bond acceptors (Lipinski definition) is 1. The zero-order chi connectivity index (χ0) is 8.48. The Morgan fingerprint density at radius 2 is 1.67 bits per heavy atom. The van der Waals surface area contributed by atoms with E-state index in [4.69, 9.17) is 0 Å². The van der Waals surface area contributed by atoms with Crippen LogP contribution in [-0.2, 0) is 5.41 Å². The molecule has 0 spiro atoms. The van der Waals surface area contributed by atoms with E-state index in [2.05, 4.69) is 20.8 Å². The number of hydrogen-bond donors (Lipinski definition) is 1. The van der Waals surface area contributed by atoms with Gasteiger partial charge in [0.15, 0.2) is 0 Å². The monoisotopic (exact) mass is 190 g/mol. The zero-order valence-corrected chi connectivity index (χ0v) is 11.4. The standard InChI is InChI=1S/C10H14O.K.H/c1-10(2,3)8-6-4-5-7-9(8)11;;/h4-7,11H,1-3H3;;/q;+1;-1. The van der Waals surface area contributed by atoms with Crippen LogP contribution < -0.4 is 51.4 Å². The summed E-state index contributed by atoms with van der Waals surface area (Å²) in [5, 5.41) is 9.45. The summed E-state index contributed by atoms with van der Waals surface area (Å²) in [4.78, 5) is 0. The van der Waals surface area contributed by atoms with Crippen LogP contribution in [0.1, 0.15) is 27.8 Å². The van der Waals surface area contributed by atoms with Crippen molar-refractivity contribution in [2.24, 2.45) is 0 Å². The maximum Gasteiger partial charge on any atom is 1.00 e. The molecule has 0 heterocycles. The molecule has 0 fully saturated rings. The molecule has 0 aliphatic heterocycles. The van der Waals surface area contributed by atoms with Gasteiger partial charge in [-0.2, -0.15) is 0 Å². The van der Waals surface area contributed by atoms with Crippen molar-refractivity contribution in [1.82, 2.24) is 0 Å². The van der Waals surface area contributed by atoms with Crippen LogP contribution in [0, 0.1) is 0 Å². The van der Waals surface area contributed by atoms with Gasteiger partial charge < -0.3 is 6.53 Å². The second kappa shape index (κ2) is 4.77. The normalized spacial score (nSPS) is 10.6. The van der Waals surface area contributed by atoms with Crippen LogP contribution in [0.25, 0.3) is 0 Å². The first kappa shape index (κ1) is 12.7. The minimum absolute atomic E-state index is 0. The molecule has 0 aromatic heterocycles. The summed E-state index contributed by atoms with van der Waals surface area (Å²) in [6, 6.07) is 7.46. The molecule has 1 aromatic carbocycles. The van der Waals surface area contributed by atoms with E-state index in [0.29, 0.717) is 5.75 Å². The summed E-state index contributed by atoms with van der Waals surface area (Å²) in [5.74, 6) is 0.389. The van der Waals surface area contributed by atoms with Gasteiger partial charge in [0.2, 0.25) is 0 Å². The quantitative estimate of drug-likeness (QED) is 0.562. The van der Waals surface area contributed by atoms with E-state index >= 15 is 0 Å². The Bertz CT molecular complexity index is 255. The SMILES string of the molecule is CC(C)(C)c1ccccc1O.[H-].[K+]. The van der Waals surface area contributed by atoms with Crippen molar-refractivity contribution in [1.29, 1.82) is 0 Å². The third kappa shape index (κ3) is 3.19. The first-order valence-corrected chi connectivity index (χ1v) is 3.80. The third-order valence-electron chi connectivity index (χ3n) is 1.71. The van der Waals surface area contributed by atoms with E-state index in [9.17, 15) is 5.11 Å². The first-order chi connectivity index (χ1) is 5.02. The predicted octanol–water partition coefficient (Wildman–Crippen LogP) is -0.194. The van der Waals surface area contributed by atoms with Gasteiger partial charge in [-0.25, -0.2) is 0 Å². The fraction of sp³-hybridized carbons (Fsp3) is 0.400. The fourth-order valence-corrected chi connectivity index (χ4v) is 1.11. The van der Waals surface area contributed by atoms with Crippen LogP contribution in [0.15, 0.2) is 24.3 Å². The number of aromatic hydroxyl groups is 1. The largest absolute Gasteiger partial charge is 1.00 e. The molecular weight excluding hydrogens is 175 g/mol. The molecule has 0 bridgehead atoms. The van der Waals surface area contributed by atoms with Gasteiger partial charge in [0.1, 0.15) is 5.75 Å². The summed E-state index contributed by atoms with van der Waals surface area (Å²) in [6.45, 7) is 6.26. The van der Waals surface area contributed by atoms with Crippen LogP contribution in [0.2, 0.25) is 0 Å². The average Bonchev–Trinajstić information content (AvgIpc) is 1.86. The molecule has 1 aromatic rings. The van der Waals surface area contributed by atoms with Gasteiger partial charge in [0.25, 0.3) is 0 Å². The Morgan fingerprint density at radius 3 is 2.00 bits per heavy atom. The molecule has 0 amide bonds. The number of phenolic OH excluding ortho intramolecular Hbond substituents is 1. The van der Waals surface area contributed by atoms with E-state index < -0.39 is 0 Å². The summed E-state index contributed by atoms with van der Waals surface area (Å²) in [6.07, 6.45) is 0. The van der Waals surface area contributed by atoms with Crippen molar-refractivity contribution >= 4 is 0 Å². The van der Waals surface area contributed by atoms with Gasteiger partial charge in [-0.3, -0.25) is 0 Å². The van der Waals surface area contributed by atoms with Crippen molar-refractivity contribution < 1.29 is 57.9 Å². The molecule has 2 heteroatoms. The van der Waals surface area contributed by atoms with E-state index in [1.54, 1.807) is 6.07 Å². The molecule has 0 unspecified atom stereocenters. The van der Waals surface area contributed by atoms with Gasteiger partial charge in [0, 0.05) is 0 Å². The number of phenols is 1. The van der Waals surface area contributed by atoms with Crippen LogP contribution in [0.5, 0.6) is 5.75 Å². The van der Waals surface area contributed by atoms with Crippen LogP contribution in [0.4, 0.5) is 0 Å². The molecule has 0 saturated heterocycles. The summed E-state index contributed by atoms with van der Waals surface area (Å²) >= 11 is 0. The number of rotatable bonds is 0. The zero-order valence-electron chi connectivity index (χ0n) is 9.26. The van der Waals surface area contributed by atoms with Crippen molar-refractivity contribution in [2.45, 2.75) is 26.2 Å². The maximum absolute atomic E-state index is 9.45. The average molecular weight is 190 g/mol. The first-order valence-electron chi connectivity index (χ1n) is 3.80. The molecule has 1 rings (SSSR count). The molecule has 0 atom stereocenters. The Labute approximate surface area is 118 Å². The minimum Gasteiger partial charge on any atom is -1.00 e. The van der Waals surface area contributed by atoms with E-state index in [0.717, 1.165) is 5.56 Å². The second-order valence-corrected chi connectivity index (χ2v) is 3.77. The maximum atomic E-state index is 9.45. The van der Waals surface area contributed by atoms with Gasteiger partial charge in [-0.05, 0) is 17.0 Å². The molecule has 0 radical (unpaired) electrons. The number of benzene rings is 1. The molecular formula is C10H15KO. The Hall–Kier alpha value is 0.656. The molecule has 62 valence electrons. The number of para-hydroxylation sites is 1. The molecule has 0 aliphatic rings. The summed E-state index contributed by atoms with van der Waals surface area (Å²) in [7, 11) is 0. The molecule has 1 N–H and O–H groups in total. The fourth-order valence-electron chi connectivity index (χ4n) is 1.11. The second-order valence-electron chi connectivity index (χ2n) is 3.77. The summed E-state index contributed by atoms with van der Waals surface area (Å²) < 4.78 is 0. The molecule has 0 aliphatic carbocycles. The topological polar surface area (TPSA) is 20.2 Å². The molecule has 12 heavy (non-hydrogen) atoms. The predicted molar refractivity (Wildman–Crippen MR) is 47.9 cm³/mol. The van der Waals surface area contributed by atoms with Gasteiger partial charge in [0.05, 0.1) is 0 Å². The smallest absolute Gasteiger partial charge is 1.00 e. The van der Waals surface area contributed by atoms with Gasteiger partial charge in [-0.1, -0.05) is 39.0 Å². The van der Waals surface area contributed by atoms with Gasteiger partial charge in [-0.15, -0.1) is 0 Å². The van der Waals surface area contributed by atoms with Crippen molar-refractivity contribution in [3.63, 3.8) is 0 Å². The Morgan fingerprint density at radius 1 is 1.17 bits per heavy atom. The summed E-state index contributed by atoms with van der Waals surface area (Å²) in [5.41, 5.74) is 1.03. The minimum atomic E-state index is 0. The Kier molecular flexibility index (Phi) is 5.03. The van der Waals surface area contributed by atoms with Crippen molar-refractivity contribution in [3.05, 3.63) is 29.8 Å². The van der Waals surface area contributed by atoms with Gasteiger partial charge >= 0.3 is 51.4 Å². The van der Waals surface area contributed by atoms with Crippen LogP contribution >= 0.6 is 0 Å². The van der Waals surface area contributed by atoms with Crippen LogP contribution in [0.3, 0.4) is 0 Å². The van der Waals surface area contributed by atoms with Crippen molar-refractivity contribution in [2.75, 3.05) is 0 Å². The van der Waals surface area contributed by atoms with E-state index in [1.165, 1.54) is 0 Å². The van der Waals surface area contributed by atoms with E-state index in [1.807, 2.05) is 18.2 Å². The van der Waals surface area contributed by atoms with E-state index in [-0.39, 0.29) is 58.2 Å². The Balaban J connectivity index is 0. The van der Waals surface area contributed by atoms with Crippen LogP contribution in [-0.4, -0.2) is 5.11 Å². The molecule has 0 saturated carbocycles.